The molecule has 0 amide bonds. The highest BCUT2D eigenvalue weighted by Gasteiger charge is 2.58. The van der Waals surface area contributed by atoms with Gasteiger partial charge in [-0.05, 0) is 92.4 Å². The summed E-state index contributed by atoms with van der Waals surface area (Å²) in [4.78, 5) is 12.0. The Kier molecular flexibility index (Phi) is 4.10. The second-order valence-corrected chi connectivity index (χ2v) is 8.92. The van der Waals surface area contributed by atoms with Crippen LogP contribution in [0.1, 0.15) is 71.6 Å². The minimum atomic E-state index is 0.290. The normalized spacial score (nSPS) is 47.2. The van der Waals surface area contributed by atoms with Crippen LogP contribution >= 0.6 is 0 Å². The number of rotatable bonds is 2. The number of hydrogen-bond donors (Lipinski definition) is 0. The van der Waals surface area contributed by atoms with Crippen molar-refractivity contribution in [2.24, 2.45) is 40.9 Å². The summed E-state index contributed by atoms with van der Waals surface area (Å²) in [6.07, 6.45) is 12.5. The van der Waals surface area contributed by atoms with Crippen LogP contribution in [0, 0.1) is 52.3 Å². The number of allylic oxidation sites excluding steroid dienone is 1. The largest absolute Gasteiger partial charge is 0.295 e. The van der Waals surface area contributed by atoms with E-state index in [1.165, 1.54) is 44.1 Å². The lowest BCUT2D eigenvalue weighted by Crippen LogP contribution is -2.49. The van der Waals surface area contributed by atoms with Crippen LogP contribution in [-0.2, 0) is 4.79 Å². The molecule has 4 rings (SSSR count). The molecule has 0 heterocycles. The van der Waals surface area contributed by atoms with Crippen molar-refractivity contribution >= 4 is 5.78 Å². The Bertz CT molecular complexity index is 600. The average molecular weight is 325 g/mol. The van der Waals surface area contributed by atoms with Crippen molar-refractivity contribution in [1.29, 1.82) is 5.26 Å². The van der Waals surface area contributed by atoms with Gasteiger partial charge in [-0.15, -0.1) is 0 Å². The summed E-state index contributed by atoms with van der Waals surface area (Å²) >= 11 is 0. The zero-order chi connectivity index (χ0) is 16.9. The Hall–Kier alpha value is -1.10. The van der Waals surface area contributed by atoms with Crippen LogP contribution in [-0.4, -0.2) is 5.78 Å². The maximum absolute atomic E-state index is 12.0. The Morgan fingerprint density at radius 1 is 1.21 bits per heavy atom. The van der Waals surface area contributed by atoms with Gasteiger partial charge in [0.2, 0.25) is 0 Å². The first kappa shape index (κ1) is 16.4. The molecule has 0 radical (unpaired) electrons. The van der Waals surface area contributed by atoms with Crippen LogP contribution in [0.2, 0.25) is 0 Å². The van der Waals surface area contributed by atoms with E-state index in [9.17, 15) is 10.1 Å². The topological polar surface area (TPSA) is 40.9 Å². The van der Waals surface area contributed by atoms with Gasteiger partial charge in [-0.1, -0.05) is 19.4 Å². The molecule has 0 bridgehead atoms. The molecule has 2 heteroatoms. The Labute approximate surface area is 146 Å². The first-order chi connectivity index (χ1) is 11.6. The van der Waals surface area contributed by atoms with E-state index in [4.69, 9.17) is 0 Å². The van der Waals surface area contributed by atoms with Crippen molar-refractivity contribution in [1.82, 2.24) is 0 Å². The standard InChI is InChI=1S/C22H31NO/c1-3-14-11-20-18(17-7-6-16(24)12-19(14)17)9-10-22(4-2)15(13-23)5-8-21(20)22/h12,14-15,17-18,20-21H,3-11H2,1-2H3/t14?,15-,17-,18-,20-,21+,22-/m1/s1. The molecule has 0 N–H and O–H groups in total. The van der Waals surface area contributed by atoms with E-state index in [2.05, 4.69) is 19.9 Å². The van der Waals surface area contributed by atoms with Gasteiger partial charge in [0.05, 0.1) is 12.0 Å². The predicted molar refractivity (Wildman–Crippen MR) is 95.0 cm³/mol. The zero-order valence-corrected chi connectivity index (χ0v) is 15.3. The van der Waals surface area contributed by atoms with Crippen LogP contribution < -0.4 is 0 Å². The fourth-order valence-corrected chi connectivity index (χ4v) is 7.42. The number of ketones is 1. The van der Waals surface area contributed by atoms with Gasteiger partial charge < -0.3 is 0 Å². The molecule has 130 valence electrons. The second-order valence-electron chi connectivity index (χ2n) is 8.92. The van der Waals surface area contributed by atoms with E-state index >= 15 is 0 Å². The van der Waals surface area contributed by atoms with Crippen molar-refractivity contribution in [3.05, 3.63) is 11.6 Å². The lowest BCUT2D eigenvalue weighted by Gasteiger charge is -2.56. The molecule has 3 saturated carbocycles. The van der Waals surface area contributed by atoms with Crippen LogP contribution in [0.3, 0.4) is 0 Å². The van der Waals surface area contributed by atoms with Gasteiger partial charge in [0, 0.05) is 6.42 Å². The fourth-order valence-electron chi connectivity index (χ4n) is 7.42. The van der Waals surface area contributed by atoms with E-state index in [0.717, 1.165) is 37.0 Å². The minimum Gasteiger partial charge on any atom is -0.295 e. The van der Waals surface area contributed by atoms with Crippen LogP contribution in [0.4, 0.5) is 0 Å². The van der Waals surface area contributed by atoms with E-state index in [1.54, 1.807) is 0 Å². The van der Waals surface area contributed by atoms with Gasteiger partial charge in [-0.25, -0.2) is 0 Å². The van der Waals surface area contributed by atoms with Gasteiger partial charge in [0.1, 0.15) is 0 Å². The molecular formula is C22H31NO. The van der Waals surface area contributed by atoms with Crippen molar-refractivity contribution in [3.8, 4) is 6.07 Å². The Balaban J connectivity index is 1.69. The molecule has 1 unspecified atom stereocenters. The molecule has 4 aliphatic rings. The third-order valence-electron chi connectivity index (χ3n) is 8.52. The third kappa shape index (κ3) is 2.16. The molecule has 0 aliphatic heterocycles. The SMILES string of the molecule is CCC1C[C@@H]2[C@H](CC[C@]3(CC)[C@@H](C#N)CC[C@@H]23)[C@H]2CCC(=O)C=C12. The number of nitriles is 1. The quantitative estimate of drug-likeness (QED) is 0.691. The summed E-state index contributed by atoms with van der Waals surface area (Å²) < 4.78 is 0. The third-order valence-corrected chi connectivity index (χ3v) is 8.52. The van der Waals surface area contributed by atoms with Crippen molar-refractivity contribution in [3.63, 3.8) is 0 Å². The smallest absolute Gasteiger partial charge is 0.155 e. The number of hydrogen-bond acceptors (Lipinski definition) is 2. The molecule has 4 aliphatic carbocycles. The Morgan fingerprint density at radius 2 is 2.04 bits per heavy atom. The highest BCUT2D eigenvalue weighted by atomic mass is 16.1. The molecule has 0 spiro atoms. The number of fused-ring (bicyclic) bond motifs is 5. The van der Waals surface area contributed by atoms with E-state index < -0.39 is 0 Å². The zero-order valence-electron chi connectivity index (χ0n) is 15.3. The molecule has 3 fully saturated rings. The molecule has 0 aromatic carbocycles. The van der Waals surface area contributed by atoms with Gasteiger partial charge in [-0.2, -0.15) is 5.26 Å². The first-order valence-corrected chi connectivity index (χ1v) is 10.3. The van der Waals surface area contributed by atoms with Gasteiger partial charge in [-0.3, -0.25) is 4.79 Å². The number of carbonyl (C=O) groups excluding carboxylic acids is 1. The van der Waals surface area contributed by atoms with Gasteiger partial charge in [0.25, 0.3) is 0 Å². The fraction of sp³-hybridized carbons (Fsp3) is 0.818. The van der Waals surface area contributed by atoms with Crippen molar-refractivity contribution in [2.75, 3.05) is 0 Å². The van der Waals surface area contributed by atoms with Gasteiger partial charge >= 0.3 is 0 Å². The van der Waals surface area contributed by atoms with E-state index in [1.807, 2.05) is 6.08 Å². The number of nitrogens with zero attached hydrogens (tertiary/aromatic N) is 1. The monoisotopic (exact) mass is 325 g/mol. The molecule has 7 atom stereocenters. The molecule has 0 saturated heterocycles. The molecular weight excluding hydrogens is 294 g/mol. The molecule has 2 nitrogen and oxygen atoms in total. The van der Waals surface area contributed by atoms with Gasteiger partial charge in [0.15, 0.2) is 5.78 Å². The predicted octanol–water partition coefficient (Wildman–Crippen LogP) is 5.29. The van der Waals surface area contributed by atoms with Crippen molar-refractivity contribution < 1.29 is 4.79 Å². The van der Waals surface area contributed by atoms with Crippen LogP contribution in [0.15, 0.2) is 11.6 Å². The molecule has 0 aromatic rings. The maximum atomic E-state index is 12.0. The minimum absolute atomic E-state index is 0.290. The van der Waals surface area contributed by atoms with E-state index in [0.29, 0.717) is 29.0 Å². The summed E-state index contributed by atoms with van der Waals surface area (Å²) in [5.74, 6) is 4.29. The summed E-state index contributed by atoms with van der Waals surface area (Å²) in [5, 5.41) is 9.72. The summed E-state index contributed by atoms with van der Waals surface area (Å²) in [6, 6.07) is 2.68. The summed E-state index contributed by atoms with van der Waals surface area (Å²) in [5.41, 5.74) is 1.81. The molecule has 0 aromatic heterocycles. The second kappa shape index (κ2) is 6.01. The highest BCUT2D eigenvalue weighted by Crippen LogP contribution is 2.65. The highest BCUT2D eigenvalue weighted by molar-refractivity contribution is 5.91. The lowest BCUT2D eigenvalue weighted by atomic mass is 9.48. The van der Waals surface area contributed by atoms with Crippen molar-refractivity contribution in [2.45, 2.75) is 71.6 Å². The number of carbonyl (C=O) groups is 1. The molecule has 24 heavy (non-hydrogen) atoms. The van der Waals surface area contributed by atoms with Crippen LogP contribution in [0.25, 0.3) is 0 Å². The first-order valence-electron chi connectivity index (χ1n) is 10.3. The summed E-state index contributed by atoms with van der Waals surface area (Å²) in [7, 11) is 0. The lowest BCUT2D eigenvalue weighted by molar-refractivity contribution is -0.116. The van der Waals surface area contributed by atoms with Crippen LogP contribution in [0.5, 0.6) is 0 Å². The average Bonchev–Trinajstić information content (AvgIpc) is 2.99. The Morgan fingerprint density at radius 3 is 2.75 bits per heavy atom. The van der Waals surface area contributed by atoms with E-state index in [-0.39, 0.29) is 0 Å². The summed E-state index contributed by atoms with van der Waals surface area (Å²) in [6.45, 7) is 4.62. The maximum Gasteiger partial charge on any atom is 0.155 e.